The predicted molar refractivity (Wildman–Crippen MR) is 83.6 cm³/mol. The summed E-state index contributed by atoms with van der Waals surface area (Å²) in [5.41, 5.74) is 2.10. The number of para-hydroxylation sites is 1. The monoisotopic (exact) mass is 307 g/mol. The van der Waals surface area contributed by atoms with Crippen molar-refractivity contribution in [1.29, 1.82) is 0 Å². The molecule has 0 aliphatic rings. The van der Waals surface area contributed by atoms with Crippen molar-refractivity contribution in [1.82, 2.24) is 4.98 Å². The van der Waals surface area contributed by atoms with E-state index < -0.39 is 0 Å². The van der Waals surface area contributed by atoms with Gasteiger partial charge >= 0.3 is 0 Å². The highest BCUT2D eigenvalue weighted by Crippen LogP contribution is 2.35. The summed E-state index contributed by atoms with van der Waals surface area (Å²) in [5.74, 6) is 0.169. The van der Waals surface area contributed by atoms with E-state index in [0.717, 1.165) is 16.1 Å². The number of halogens is 2. The van der Waals surface area contributed by atoms with Crippen LogP contribution in [0.2, 0.25) is 10.0 Å². The summed E-state index contributed by atoms with van der Waals surface area (Å²) in [5, 5.41) is 2.43. The molecule has 1 unspecified atom stereocenters. The van der Waals surface area contributed by atoms with E-state index >= 15 is 0 Å². The lowest BCUT2D eigenvalue weighted by molar-refractivity contribution is 0.910. The molecule has 1 atom stereocenters. The van der Waals surface area contributed by atoms with Crippen LogP contribution in [-0.2, 0) is 0 Å². The highest BCUT2D eigenvalue weighted by Gasteiger charge is 2.16. The van der Waals surface area contributed by atoms with Gasteiger partial charge in [-0.2, -0.15) is 0 Å². The molecule has 0 spiro atoms. The topological polar surface area (TPSA) is 12.9 Å². The predicted octanol–water partition coefficient (Wildman–Crippen LogP) is 5.75. The van der Waals surface area contributed by atoms with Crippen molar-refractivity contribution < 1.29 is 0 Å². The molecular weight excluding hydrogens is 297 g/mol. The normalized spacial score (nSPS) is 12.8. The lowest BCUT2D eigenvalue weighted by atomic mass is 10.0. The molecule has 2 aromatic carbocycles. The molecule has 0 saturated heterocycles. The summed E-state index contributed by atoms with van der Waals surface area (Å²) >= 11 is 13.9. The number of nitrogens with zero attached hydrogens (tertiary/aromatic N) is 1. The zero-order chi connectivity index (χ0) is 13.4. The summed E-state index contributed by atoms with van der Waals surface area (Å²) < 4.78 is 1.20. The second-order valence-corrected chi connectivity index (χ2v) is 6.31. The first-order valence-electron chi connectivity index (χ1n) is 5.95. The third-order valence-electron chi connectivity index (χ3n) is 3.11. The Morgan fingerprint density at radius 3 is 2.63 bits per heavy atom. The van der Waals surface area contributed by atoms with E-state index in [2.05, 4.69) is 18.0 Å². The number of rotatable bonds is 2. The quantitative estimate of drug-likeness (QED) is 0.587. The van der Waals surface area contributed by atoms with Gasteiger partial charge in [0.2, 0.25) is 0 Å². The summed E-state index contributed by atoms with van der Waals surface area (Å²) in [6, 6.07) is 13.8. The molecule has 3 aromatic rings. The van der Waals surface area contributed by atoms with Gasteiger partial charge in [0.1, 0.15) is 5.01 Å². The van der Waals surface area contributed by atoms with Crippen LogP contribution in [0.25, 0.3) is 10.2 Å². The lowest BCUT2D eigenvalue weighted by Gasteiger charge is -2.10. The molecule has 1 heterocycles. The lowest BCUT2D eigenvalue weighted by Crippen LogP contribution is -1.96. The van der Waals surface area contributed by atoms with Crippen LogP contribution in [-0.4, -0.2) is 4.98 Å². The number of aromatic nitrogens is 1. The molecule has 1 aromatic heterocycles. The average Bonchev–Trinajstić information content (AvgIpc) is 2.81. The van der Waals surface area contributed by atoms with Gasteiger partial charge in [-0.15, -0.1) is 11.3 Å². The number of hydrogen-bond acceptors (Lipinski definition) is 2. The van der Waals surface area contributed by atoms with Gasteiger partial charge in [0.05, 0.1) is 10.2 Å². The molecule has 0 radical (unpaired) electrons. The van der Waals surface area contributed by atoms with Crippen LogP contribution < -0.4 is 0 Å². The summed E-state index contributed by atoms with van der Waals surface area (Å²) in [4.78, 5) is 4.68. The Balaban J connectivity index is 2.05. The maximum atomic E-state index is 6.27. The Hall–Kier alpha value is -1.09. The fraction of sp³-hybridized carbons (Fsp3) is 0.133. The molecule has 0 aliphatic carbocycles. The van der Waals surface area contributed by atoms with Crippen molar-refractivity contribution in [2.45, 2.75) is 12.8 Å². The Morgan fingerprint density at radius 1 is 1.11 bits per heavy atom. The van der Waals surface area contributed by atoms with Gasteiger partial charge in [-0.1, -0.05) is 48.3 Å². The van der Waals surface area contributed by atoms with Crippen molar-refractivity contribution in [2.75, 3.05) is 0 Å². The van der Waals surface area contributed by atoms with Crippen molar-refractivity contribution in [2.24, 2.45) is 0 Å². The third-order valence-corrected chi connectivity index (χ3v) is 4.89. The summed E-state index contributed by atoms with van der Waals surface area (Å²) in [6.07, 6.45) is 0. The minimum atomic E-state index is 0.169. The molecule has 0 saturated carbocycles. The molecule has 96 valence electrons. The van der Waals surface area contributed by atoms with E-state index in [-0.39, 0.29) is 5.92 Å². The minimum Gasteiger partial charge on any atom is -0.241 e. The highest BCUT2D eigenvalue weighted by molar-refractivity contribution is 7.18. The van der Waals surface area contributed by atoms with Crippen molar-refractivity contribution >= 4 is 44.8 Å². The van der Waals surface area contributed by atoms with Crippen molar-refractivity contribution in [3.8, 4) is 0 Å². The SMILES string of the molecule is CC(c1nc2ccccc2s1)c1ccc(Cl)cc1Cl. The fourth-order valence-electron chi connectivity index (χ4n) is 2.06. The standard InChI is InChI=1S/C15H11Cl2NS/c1-9(11-7-6-10(16)8-12(11)17)15-18-13-4-2-3-5-14(13)19-15/h2-9H,1H3. The number of thiazole rings is 1. The van der Waals surface area contributed by atoms with Gasteiger partial charge in [0.25, 0.3) is 0 Å². The zero-order valence-electron chi connectivity index (χ0n) is 10.2. The molecule has 0 fully saturated rings. The van der Waals surface area contributed by atoms with Gasteiger partial charge in [0, 0.05) is 16.0 Å². The Bertz CT molecular complexity index is 703. The maximum Gasteiger partial charge on any atom is 0.101 e. The van der Waals surface area contributed by atoms with Crippen LogP contribution in [0.4, 0.5) is 0 Å². The van der Waals surface area contributed by atoms with E-state index in [0.29, 0.717) is 10.0 Å². The Morgan fingerprint density at radius 2 is 1.89 bits per heavy atom. The van der Waals surface area contributed by atoms with E-state index in [1.807, 2.05) is 30.3 Å². The van der Waals surface area contributed by atoms with Crippen LogP contribution in [0.5, 0.6) is 0 Å². The van der Waals surface area contributed by atoms with Crippen molar-refractivity contribution in [3.63, 3.8) is 0 Å². The molecule has 0 N–H and O–H groups in total. The Labute approximate surface area is 125 Å². The van der Waals surface area contributed by atoms with Gasteiger partial charge in [-0.05, 0) is 29.8 Å². The summed E-state index contributed by atoms with van der Waals surface area (Å²) in [7, 11) is 0. The van der Waals surface area contributed by atoms with Crippen LogP contribution in [0.1, 0.15) is 23.4 Å². The second-order valence-electron chi connectivity index (χ2n) is 4.41. The fourth-order valence-corrected chi connectivity index (χ4v) is 3.67. The van der Waals surface area contributed by atoms with Gasteiger partial charge in [0.15, 0.2) is 0 Å². The zero-order valence-corrected chi connectivity index (χ0v) is 12.6. The molecule has 0 aliphatic heterocycles. The van der Waals surface area contributed by atoms with E-state index in [1.165, 1.54) is 4.70 Å². The molecular formula is C15H11Cl2NS. The van der Waals surface area contributed by atoms with Crippen molar-refractivity contribution in [3.05, 3.63) is 63.1 Å². The average molecular weight is 308 g/mol. The molecule has 19 heavy (non-hydrogen) atoms. The molecule has 3 rings (SSSR count). The smallest absolute Gasteiger partial charge is 0.101 e. The highest BCUT2D eigenvalue weighted by atomic mass is 35.5. The number of benzene rings is 2. The van der Waals surface area contributed by atoms with Crippen LogP contribution in [0, 0.1) is 0 Å². The third kappa shape index (κ3) is 2.48. The maximum absolute atomic E-state index is 6.27. The van der Waals surface area contributed by atoms with Gasteiger partial charge in [-0.3, -0.25) is 0 Å². The van der Waals surface area contributed by atoms with E-state index in [4.69, 9.17) is 23.2 Å². The number of fused-ring (bicyclic) bond motifs is 1. The first kappa shape index (κ1) is 12.9. The van der Waals surface area contributed by atoms with Gasteiger partial charge < -0.3 is 0 Å². The molecule has 0 bridgehead atoms. The van der Waals surface area contributed by atoms with Crippen LogP contribution in [0.15, 0.2) is 42.5 Å². The number of hydrogen-bond donors (Lipinski definition) is 0. The Kier molecular flexibility index (Phi) is 3.48. The first-order chi connectivity index (χ1) is 9.15. The van der Waals surface area contributed by atoms with Crippen LogP contribution in [0.3, 0.4) is 0 Å². The largest absolute Gasteiger partial charge is 0.241 e. The molecule has 0 amide bonds. The summed E-state index contributed by atoms with van der Waals surface area (Å²) in [6.45, 7) is 2.12. The van der Waals surface area contributed by atoms with E-state index in [1.54, 1.807) is 17.4 Å². The minimum absolute atomic E-state index is 0.169. The molecule has 1 nitrogen and oxygen atoms in total. The first-order valence-corrected chi connectivity index (χ1v) is 7.53. The molecule has 4 heteroatoms. The van der Waals surface area contributed by atoms with E-state index in [9.17, 15) is 0 Å². The second kappa shape index (κ2) is 5.12. The van der Waals surface area contributed by atoms with Gasteiger partial charge in [-0.25, -0.2) is 4.98 Å². The van der Waals surface area contributed by atoms with Crippen LogP contribution >= 0.6 is 34.5 Å².